The Labute approximate surface area is 113 Å². The molecule has 3 rings (SSSR count). The van der Waals surface area contributed by atoms with Crippen LogP contribution in [0.5, 0.6) is 0 Å². The van der Waals surface area contributed by atoms with Crippen molar-refractivity contribution in [3.05, 3.63) is 35.9 Å². The van der Waals surface area contributed by atoms with Crippen LogP contribution in [0.3, 0.4) is 0 Å². The Morgan fingerprint density at radius 3 is 2.16 bits per heavy atom. The average Bonchev–Trinajstić information content (AvgIpc) is 2.86. The first-order valence-electron chi connectivity index (χ1n) is 7.08. The number of carboxylic acids is 1. The van der Waals surface area contributed by atoms with Gasteiger partial charge in [-0.1, -0.05) is 43.2 Å². The second-order valence-corrected chi connectivity index (χ2v) is 6.10. The highest BCUT2D eigenvalue weighted by Crippen LogP contribution is 2.61. The fourth-order valence-electron chi connectivity index (χ4n) is 4.29. The summed E-state index contributed by atoms with van der Waals surface area (Å²) in [4.78, 5) is 11.9. The lowest BCUT2D eigenvalue weighted by molar-refractivity contribution is -0.174. The maximum atomic E-state index is 11.9. The van der Waals surface area contributed by atoms with Crippen molar-refractivity contribution in [3.8, 4) is 0 Å². The highest BCUT2D eigenvalue weighted by molar-refractivity contribution is 5.79. The molecule has 2 saturated carbocycles. The predicted octanol–water partition coefficient (Wildman–Crippen LogP) is 2.72. The molecule has 0 saturated heterocycles. The lowest BCUT2D eigenvalue weighted by Crippen LogP contribution is -2.59. The molecule has 2 fully saturated rings. The quantitative estimate of drug-likeness (QED) is 0.878. The van der Waals surface area contributed by atoms with Gasteiger partial charge in [-0.25, -0.2) is 0 Å². The first-order chi connectivity index (χ1) is 9.11. The largest absolute Gasteiger partial charge is 0.481 e. The van der Waals surface area contributed by atoms with E-state index in [9.17, 15) is 15.0 Å². The van der Waals surface area contributed by atoms with E-state index in [4.69, 9.17) is 0 Å². The summed E-state index contributed by atoms with van der Waals surface area (Å²) in [6.07, 6.45) is 4.37. The molecule has 0 aliphatic heterocycles. The summed E-state index contributed by atoms with van der Waals surface area (Å²) in [7, 11) is 0. The van der Waals surface area contributed by atoms with E-state index in [2.05, 4.69) is 12.1 Å². The normalized spacial score (nSPS) is 32.8. The van der Waals surface area contributed by atoms with Crippen molar-refractivity contribution in [2.75, 3.05) is 0 Å². The molecule has 19 heavy (non-hydrogen) atoms. The molecule has 0 unspecified atom stereocenters. The fourth-order valence-corrected chi connectivity index (χ4v) is 4.29. The van der Waals surface area contributed by atoms with Crippen LogP contribution in [0.2, 0.25) is 0 Å². The Bertz CT molecular complexity index is 468. The number of aliphatic carboxylic acids is 1. The first-order valence-corrected chi connectivity index (χ1v) is 7.08. The molecule has 0 heterocycles. The third kappa shape index (κ3) is 1.64. The smallest absolute Gasteiger partial charge is 0.310 e. The van der Waals surface area contributed by atoms with Gasteiger partial charge in [0.2, 0.25) is 0 Å². The number of carboxylic acid groups (broad SMARTS) is 1. The molecule has 2 aliphatic rings. The summed E-state index contributed by atoms with van der Waals surface area (Å²) in [6, 6.07) is 10.1. The second-order valence-electron chi connectivity index (χ2n) is 6.10. The minimum Gasteiger partial charge on any atom is -0.481 e. The average molecular weight is 260 g/mol. The lowest BCUT2D eigenvalue weighted by atomic mass is 9.49. The van der Waals surface area contributed by atoms with Crippen molar-refractivity contribution >= 4 is 5.97 Å². The van der Waals surface area contributed by atoms with E-state index >= 15 is 0 Å². The number of rotatable bonds is 3. The Kier molecular flexibility index (Phi) is 2.90. The van der Waals surface area contributed by atoms with Crippen molar-refractivity contribution in [2.45, 2.75) is 50.0 Å². The van der Waals surface area contributed by atoms with Gasteiger partial charge < -0.3 is 10.2 Å². The van der Waals surface area contributed by atoms with Crippen molar-refractivity contribution in [3.63, 3.8) is 0 Å². The van der Waals surface area contributed by atoms with Gasteiger partial charge in [-0.2, -0.15) is 0 Å². The topological polar surface area (TPSA) is 57.5 Å². The van der Waals surface area contributed by atoms with Crippen molar-refractivity contribution in [1.82, 2.24) is 0 Å². The van der Waals surface area contributed by atoms with Crippen LogP contribution in [0.15, 0.2) is 30.3 Å². The van der Waals surface area contributed by atoms with Gasteiger partial charge in [0.25, 0.3) is 0 Å². The molecular weight excluding hydrogens is 240 g/mol. The molecule has 102 valence electrons. The van der Waals surface area contributed by atoms with E-state index in [1.165, 1.54) is 0 Å². The summed E-state index contributed by atoms with van der Waals surface area (Å²) in [5.74, 6) is -0.733. The number of aliphatic hydroxyl groups is 1. The molecular formula is C16H20O3. The maximum absolute atomic E-state index is 11.9. The molecule has 2 N–H and O–H groups in total. The van der Waals surface area contributed by atoms with Crippen LogP contribution in [-0.2, 0) is 10.2 Å². The minimum atomic E-state index is -0.760. The zero-order chi connectivity index (χ0) is 13.5. The first kappa shape index (κ1) is 12.7. The van der Waals surface area contributed by atoms with Gasteiger partial charge in [0, 0.05) is 5.41 Å². The van der Waals surface area contributed by atoms with E-state index in [1.54, 1.807) is 0 Å². The predicted molar refractivity (Wildman–Crippen MR) is 71.9 cm³/mol. The van der Waals surface area contributed by atoms with Crippen LogP contribution in [0.1, 0.15) is 44.1 Å². The van der Waals surface area contributed by atoms with Gasteiger partial charge in [-0.3, -0.25) is 4.79 Å². The van der Waals surface area contributed by atoms with Crippen molar-refractivity contribution in [2.24, 2.45) is 5.41 Å². The van der Waals surface area contributed by atoms with E-state index in [1.807, 2.05) is 18.2 Å². The number of aliphatic hydroxyl groups excluding tert-OH is 1. The molecule has 0 atom stereocenters. The van der Waals surface area contributed by atoms with Crippen LogP contribution in [0.4, 0.5) is 0 Å². The third-order valence-corrected chi connectivity index (χ3v) is 5.28. The summed E-state index contributed by atoms with van der Waals surface area (Å²) in [6.45, 7) is 0. The Balaban J connectivity index is 2.08. The highest BCUT2D eigenvalue weighted by Gasteiger charge is 2.64. The third-order valence-electron chi connectivity index (χ3n) is 5.28. The SMILES string of the molecule is O=C(O)C1(C2(c3ccccc3)CCCC2)CC(O)C1. The molecule has 0 bridgehead atoms. The highest BCUT2D eigenvalue weighted by atomic mass is 16.4. The molecule has 3 heteroatoms. The van der Waals surface area contributed by atoms with Gasteiger partial charge in [-0.05, 0) is 31.2 Å². The van der Waals surface area contributed by atoms with E-state index in [0.717, 1.165) is 31.2 Å². The summed E-state index contributed by atoms with van der Waals surface area (Å²) in [5, 5.41) is 19.5. The molecule has 3 nitrogen and oxygen atoms in total. The molecule has 1 aromatic carbocycles. The zero-order valence-electron chi connectivity index (χ0n) is 11.0. The van der Waals surface area contributed by atoms with Gasteiger partial charge in [0.15, 0.2) is 0 Å². The van der Waals surface area contributed by atoms with Crippen LogP contribution in [0, 0.1) is 5.41 Å². The fraction of sp³-hybridized carbons (Fsp3) is 0.562. The molecule has 0 radical (unpaired) electrons. The summed E-state index contributed by atoms with van der Waals surface area (Å²) in [5.41, 5.74) is 0.102. The Morgan fingerprint density at radius 2 is 1.68 bits per heavy atom. The molecule has 1 aromatic rings. The van der Waals surface area contributed by atoms with Gasteiger partial charge in [-0.15, -0.1) is 0 Å². The van der Waals surface area contributed by atoms with Crippen LogP contribution in [0.25, 0.3) is 0 Å². The maximum Gasteiger partial charge on any atom is 0.310 e. The van der Waals surface area contributed by atoms with E-state index < -0.39 is 17.5 Å². The van der Waals surface area contributed by atoms with Crippen molar-refractivity contribution in [1.29, 1.82) is 0 Å². The van der Waals surface area contributed by atoms with Gasteiger partial charge in [0.05, 0.1) is 11.5 Å². The number of hydrogen-bond donors (Lipinski definition) is 2. The second kappa shape index (κ2) is 4.34. The lowest BCUT2D eigenvalue weighted by Gasteiger charge is -2.54. The van der Waals surface area contributed by atoms with Crippen molar-refractivity contribution < 1.29 is 15.0 Å². The number of benzene rings is 1. The summed E-state index contributed by atoms with van der Waals surface area (Å²) < 4.78 is 0. The minimum absolute atomic E-state index is 0.278. The Morgan fingerprint density at radius 1 is 1.11 bits per heavy atom. The van der Waals surface area contributed by atoms with Crippen LogP contribution < -0.4 is 0 Å². The zero-order valence-corrected chi connectivity index (χ0v) is 11.0. The van der Waals surface area contributed by atoms with Crippen LogP contribution in [-0.4, -0.2) is 22.3 Å². The Hall–Kier alpha value is -1.35. The van der Waals surface area contributed by atoms with E-state index in [0.29, 0.717) is 12.8 Å². The van der Waals surface area contributed by atoms with Gasteiger partial charge in [0.1, 0.15) is 0 Å². The number of carbonyl (C=O) groups is 1. The molecule has 2 aliphatic carbocycles. The monoisotopic (exact) mass is 260 g/mol. The number of hydrogen-bond acceptors (Lipinski definition) is 2. The molecule has 0 aromatic heterocycles. The summed E-state index contributed by atoms with van der Waals surface area (Å²) >= 11 is 0. The van der Waals surface area contributed by atoms with E-state index in [-0.39, 0.29) is 5.41 Å². The van der Waals surface area contributed by atoms with Crippen LogP contribution >= 0.6 is 0 Å². The van der Waals surface area contributed by atoms with Gasteiger partial charge >= 0.3 is 5.97 Å². The molecule has 0 spiro atoms. The molecule has 0 amide bonds. The standard InChI is InChI=1S/C16H20O3/c17-13-10-16(11-13,14(18)19)15(8-4-5-9-15)12-6-2-1-3-7-12/h1-3,6-7,13,17H,4-5,8-11H2,(H,18,19).